The maximum atomic E-state index is 13.2. The summed E-state index contributed by atoms with van der Waals surface area (Å²) < 4.78 is 13.2. The molecule has 1 atom stereocenters. The van der Waals surface area contributed by atoms with Crippen LogP contribution in [0.25, 0.3) is 0 Å². The molecule has 1 aromatic carbocycles. The third kappa shape index (κ3) is 4.12. The van der Waals surface area contributed by atoms with Gasteiger partial charge in [-0.3, -0.25) is 4.90 Å². The zero-order valence-corrected chi connectivity index (χ0v) is 11.6. The third-order valence-electron chi connectivity index (χ3n) is 3.15. The Balaban J connectivity index is 2.70. The van der Waals surface area contributed by atoms with Crippen molar-refractivity contribution in [3.63, 3.8) is 0 Å². The minimum absolute atomic E-state index is 0.123. The van der Waals surface area contributed by atoms with Crippen molar-refractivity contribution in [1.29, 1.82) is 5.26 Å². The second-order valence-electron chi connectivity index (χ2n) is 5.32. The quantitative estimate of drug-likeness (QED) is 0.796. The van der Waals surface area contributed by atoms with E-state index in [-0.39, 0.29) is 5.56 Å². The Hall–Kier alpha value is -1.40. The van der Waals surface area contributed by atoms with Crippen molar-refractivity contribution in [1.82, 2.24) is 4.90 Å². The topological polar surface area (TPSA) is 27.0 Å². The average molecular weight is 248 g/mol. The molecule has 1 rings (SSSR count). The highest BCUT2D eigenvalue weighted by atomic mass is 19.1. The molecule has 2 nitrogen and oxygen atoms in total. The van der Waals surface area contributed by atoms with E-state index in [1.165, 1.54) is 6.07 Å². The predicted molar refractivity (Wildman–Crippen MR) is 71.5 cm³/mol. The number of nitriles is 1. The highest BCUT2D eigenvalue weighted by Gasteiger charge is 2.12. The number of hydrogen-bond acceptors (Lipinski definition) is 2. The van der Waals surface area contributed by atoms with Crippen molar-refractivity contribution < 1.29 is 4.39 Å². The molecule has 98 valence electrons. The smallest absolute Gasteiger partial charge is 0.140 e. The van der Waals surface area contributed by atoms with Crippen molar-refractivity contribution in [2.45, 2.75) is 39.8 Å². The summed E-state index contributed by atoms with van der Waals surface area (Å²) in [7, 11) is 2.06. The Kier molecular flexibility index (Phi) is 5.30. The van der Waals surface area contributed by atoms with Crippen LogP contribution in [0.3, 0.4) is 0 Å². The molecule has 0 aliphatic heterocycles. The van der Waals surface area contributed by atoms with Gasteiger partial charge in [-0.2, -0.15) is 5.26 Å². The van der Waals surface area contributed by atoms with E-state index in [2.05, 4.69) is 32.7 Å². The molecule has 0 aliphatic carbocycles. The summed E-state index contributed by atoms with van der Waals surface area (Å²) in [6.45, 7) is 7.34. The molecule has 18 heavy (non-hydrogen) atoms. The molecule has 1 unspecified atom stereocenters. The van der Waals surface area contributed by atoms with Crippen LogP contribution in [-0.2, 0) is 6.54 Å². The highest BCUT2D eigenvalue weighted by molar-refractivity contribution is 5.34. The van der Waals surface area contributed by atoms with E-state index in [9.17, 15) is 4.39 Å². The van der Waals surface area contributed by atoms with Gasteiger partial charge in [-0.05, 0) is 44.0 Å². The van der Waals surface area contributed by atoms with Gasteiger partial charge in [-0.1, -0.05) is 19.9 Å². The van der Waals surface area contributed by atoms with Crippen LogP contribution in [0.1, 0.15) is 38.3 Å². The molecule has 0 fully saturated rings. The number of hydrogen-bond donors (Lipinski definition) is 0. The molecule has 0 amide bonds. The molecule has 0 aliphatic rings. The van der Waals surface area contributed by atoms with E-state index >= 15 is 0 Å². The zero-order chi connectivity index (χ0) is 13.7. The minimum Gasteiger partial charge on any atom is -0.299 e. The maximum Gasteiger partial charge on any atom is 0.140 e. The van der Waals surface area contributed by atoms with Gasteiger partial charge in [0, 0.05) is 12.6 Å². The van der Waals surface area contributed by atoms with Crippen molar-refractivity contribution in [2.75, 3.05) is 7.05 Å². The van der Waals surface area contributed by atoms with E-state index in [4.69, 9.17) is 5.26 Å². The van der Waals surface area contributed by atoms with Crippen molar-refractivity contribution in [3.8, 4) is 6.07 Å². The van der Waals surface area contributed by atoms with Gasteiger partial charge < -0.3 is 0 Å². The largest absolute Gasteiger partial charge is 0.299 e. The number of benzene rings is 1. The van der Waals surface area contributed by atoms with Gasteiger partial charge in [0.15, 0.2) is 0 Å². The second-order valence-corrected chi connectivity index (χ2v) is 5.32. The SMILES string of the molecule is CC(C)CC(C)N(C)Cc1ccc(F)c(C#N)c1. The Morgan fingerprint density at radius 2 is 2.00 bits per heavy atom. The monoisotopic (exact) mass is 248 g/mol. The van der Waals surface area contributed by atoms with Gasteiger partial charge in [-0.15, -0.1) is 0 Å². The average Bonchev–Trinajstić information content (AvgIpc) is 2.30. The Labute approximate surface area is 109 Å². The van der Waals surface area contributed by atoms with Crippen molar-refractivity contribution in [2.24, 2.45) is 5.92 Å². The summed E-state index contributed by atoms with van der Waals surface area (Å²) in [5.41, 5.74) is 1.10. The lowest BCUT2D eigenvalue weighted by Crippen LogP contribution is -2.29. The van der Waals surface area contributed by atoms with Gasteiger partial charge in [-0.25, -0.2) is 4.39 Å². The van der Waals surface area contributed by atoms with E-state index in [0.717, 1.165) is 18.5 Å². The van der Waals surface area contributed by atoms with Crippen LogP contribution in [0.2, 0.25) is 0 Å². The molecule has 3 heteroatoms. The predicted octanol–water partition coefficient (Wildman–Crippen LogP) is 3.56. The molecule has 0 aromatic heterocycles. The first-order chi connectivity index (χ1) is 8.43. The number of rotatable bonds is 5. The molecule has 0 N–H and O–H groups in total. The van der Waals surface area contributed by atoms with Crippen LogP contribution in [-0.4, -0.2) is 18.0 Å². The van der Waals surface area contributed by atoms with Gasteiger partial charge in [0.2, 0.25) is 0 Å². The summed E-state index contributed by atoms with van der Waals surface area (Å²) >= 11 is 0. The normalized spacial score (nSPS) is 12.8. The zero-order valence-electron chi connectivity index (χ0n) is 11.6. The first kappa shape index (κ1) is 14.7. The molecule has 0 spiro atoms. The standard InChI is InChI=1S/C15H21FN2/c1-11(2)7-12(3)18(4)10-13-5-6-15(16)14(8-13)9-17/h5-6,8,11-12H,7,10H2,1-4H3. The Bertz CT molecular complexity index is 435. The summed E-state index contributed by atoms with van der Waals surface area (Å²) in [5, 5.41) is 8.80. The molecular formula is C15H21FN2. The summed E-state index contributed by atoms with van der Waals surface area (Å²) in [6.07, 6.45) is 1.13. The van der Waals surface area contributed by atoms with Crippen LogP contribution in [0, 0.1) is 23.1 Å². The fraction of sp³-hybridized carbons (Fsp3) is 0.533. The first-order valence-electron chi connectivity index (χ1n) is 6.32. The molecule has 0 heterocycles. The van der Waals surface area contributed by atoms with E-state index in [1.807, 2.05) is 6.07 Å². The lowest BCUT2D eigenvalue weighted by atomic mass is 10.0. The van der Waals surface area contributed by atoms with Crippen molar-refractivity contribution >= 4 is 0 Å². The lowest BCUT2D eigenvalue weighted by molar-refractivity contribution is 0.220. The molecule has 0 bridgehead atoms. The third-order valence-corrected chi connectivity index (χ3v) is 3.15. The van der Waals surface area contributed by atoms with Crippen LogP contribution in [0.15, 0.2) is 18.2 Å². The van der Waals surface area contributed by atoms with Crippen LogP contribution in [0.4, 0.5) is 4.39 Å². The van der Waals surface area contributed by atoms with E-state index < -0.39 is 5.82 Å². The first-order valence-corrected chi connectivity index (χ1v) is 6.32. The minimum atomic E-state index is -0.445. The van der Waals surface area contributed by atoms with Crippen LogP contribution >= 0.6 is 0 Å². The number of halogens is 1. The molecule has 0 saturated heterocycles. The number of nitrogens with zero attached hydrogens (tertiary/aromatic N) is 2. The molecule has 1 aromatic rings. The van der Waals surface area contributed by atoms with Crippen LogP contribution < -0.4 is 0 Å². The maximum absolute atomic E-state index is 13.2. The van der Waals surface area contributed by atoms with E-state index in [1.54, 1.807) is 12.1 Å². The van der Waals surface area contributed by atoms with Gasteiger partial charge in [0.1, 0.15) is 11.9 Å². The molecular weight excluding hydrogens is 227 g/mol. The lowest BCUT2D eigenvalue weighted by Gasteiger charge is -2.26. The molecule has 0 radical (unpaired) electrons. The van der Waals surface area contributed by atoms with Crippen LogP contribution in [0.5, 0.6) is 0 Å². The fourth-order valence-corrected chi connectivity index (χ4v) is 2.06. The van der Waals surface area contributed by atoms with Gasteiger partial charge in [0.05, 0.1) is 5.56 Å². The fourth-order valence-electron chi connectivity index (χ4n) is 2.06. The second kappa shape index (κ2) is 6.51. The summed E-state index contributed by atoms with van der Waals surface area (Å²) in [6, 6.07) is 7.10. The van der Waals surface area contributed by atoms with Gasteiger partial charge in [0.25, 0.3) is 0 Å². The molecule has 0 saturated carbocycles. The van der Waals surface area contributed by atoms with Gasteiger partial charge >= 0.3 is 0 Å². The van der Waals surface area contributed by atoms with Crippen molar-refractivity contribution in [3.05, 3.63) is 35.1 Å². The highest BCUT2D eigenvalue weighted by Crippen LogP contribution is 2.15. The summed E-state index contributed by atoms with van der Waals surface area (Å²) in [4.78, 5) is 2.23. The van der Waals surface area contributed by atoms with E-state index in [0.29, 0.717) is 12.0 Å². The summed E-state index contributed by atoms with van der Waals surface area (Å²) in [5.74, 6) is 0.212. The Morgan fingerprint density at radius 3 is 2.56 bits per heavy atom. The Morgan fingerprint density at radius 1 is 1.33 bits per heavy atom.